The van der Waals surface area contributed by atoms with E-state index >= 15 is 0 Å². The minimum absolute atomic E-state index is 0.0223. The quantitative estimate of drug-likeness (QED) is 0.457. The van der Waals surface area contributed by atoms with Crippen molar-refractivity contribution in [3.63, 3.8) is 0 Å². The fourth-order valence-corrected chi connectivity index (χ4v) is 2.30. The van der Waals surface area contributed by atoms with Crippen LogP contribution in [-0.4, -0.2) is 23.4 Å². The van der Waals surface area contributed by atoms with Gasteiger partial charge in [-0.05, 0) is 26.3 Å². The van der Waals surface area contributed by atoms with Gasteiger partial charge in [-0.3, -0.25) is 5.41 Å². The number of anilines is 1. The molecule has 106 valence electrons. The largest absolute Gasteiger partial charge is 0.384 e. The molecule has 0 saturated heterocycles. The highest BCUT2D eigenvalue weighted by atomic mass is 35.5. The lowest BCUT2D eigenvalue weighted by Gasteiger charge is -2.29. The predicted octanol–water partition coefficient (Wildman–Crippen LogP) is 3.42. The van der Waals surface area contributed by atoms with Crippen molar-refractivity contribution in [1.82, 2.24) is 4.98 Å². The number of pyridine rings is 1. The predicted molar refractivity (Wildman–Crippen MR) is 82.3 cm³/mol. The third-order valence-corrected chi connectivity index (χ3v) is 3.43. The number of rotatable bonds is 7. The second-order valence-corrected chi connectivity index (χ2v) is 5.28. The first-order chi connectivity index (χ1) is 8.99. The number of unbranched alkanes of at least 4 members (excludes halogenated alkanes) is 2. The number of aromatic nitrogens is 1. The van der Waals surface area contributed by atoms with E-state index in [0.29, 0.717) is 16.6 Å². The van der Waals surface area contributed by atoms with Crippen LogP contribution in [0.2, 0.25) is 5.02 Å². The van der Waals surface area contributed by atoms with Crippen molar-refractivity contribution in [2.75, 3.05) is 11.4 Å². The van der Waals surface area contributed by atoms with E-state index in [4.69, 9.17) is 22.7 Å². The molecular formula is C14H23ClN4. The topological polar surface area (TPSA) is 66.0 Å². The molecule has 0 aliphatic heterocycles. The van der Waals surface area contributed by atoms with Crippen LogP contribution in [0.4, 0.5) is 5.82 Å². The van der Waals surface area contributed by atoms with Gasteiger partial charge in [-0.25, -0.2) is 4.98 Å². The average molecular weight is 283 g/mol. The molecule has 0 radical (unpaired) electrons. The molecule has 19 heavy (non-hydrogen) atoms. The van der Waals surface area contributed by atoms with Crippen molar-refractivity contribution in [2.24, 2.45) is 5.73 Å². The Balaban J connectivity index is 3.02. The zero-order valence-electron chi connectivity index (χ0n) is 11.9. The highest BCUT2D eigenvalue weighted by molar-refractivity contribution is 6.36. The van der Waals surface area contributed by atoms with Gasteiger partial charge in [0.2, 0.25) is 0 Å². The first kappa shape index (κ1) is 15.8. The molecule has 0 fully saturated rings. The Labute approximate surface area is 120 Å². The summed E-state index contributed by atoms with van der Waals surface area (Å²) in [4.78, 5) is 6.53. The Morgan fingerprint density at radius 2 is 2.16 bits per heavy atom. The summed E-state index contributed by atoms with van der Waals surface area (Å²) in [5.41, 5.74) is 6.08. The fraction of sp³-hybridized carbons (Fsp3) is 0.571. The van der Waals surface area contributed by atoms with Gasteiger partial charge in [-0.2, -0.15) is 0 Å². The maximum atomic E-state index is 7.54. The first-order valence-electron chi connectivity index (χ1n) is 6.74. The lowest BCUT2D eigenvalue weighted by atomic mass is 10.2. The number of nitrogens with one attached hydrogen (secondary N) is 1. The molecule has 1 rings (SSSR count). The van der Waals surface area contributed by atoms with Crippen molar-refractivity contribution < 1.29 is 0 Å². The molecule has 0 aromatic carbocycles. The Kier molecular flexibility index (Phi) is 6.09. The number of hydrogen-bond donors (Lipinski definition) is 2. The van der Waals surface area contributed by atoms with Crippen LogP contribution in [0.15, 0.2) is 12.3 Å². The molecule has 0 unspecified atom stereocenters. The van der Waals surface area contributed by atoms with Crippen molar-refractivity contribution in [3.8, 4) is 0 Å². The monoisotopic (exact) mass is 282 g/mol. The highest BCUT2D eigenvalue weighted by Crippen LogP contribution is 2.28. The van der Waals surface area contributed by atoms with Crippen LogP contribution >= 0.6 is 11.6 Å². The minimum atomic E-state index is -0.0223. The van der Waals surface area contributed by atoms with Gasteiger partial charge in [0.05, 0.1) is 5.02 Å². The normalized spacial score (nSPS) is 10.8. The molecule has 0 saturated carbocycles. The van der Waals surface area contributed by atoms with E-state index in [1.165, 1.54) is 12.8 Å². The number of nitrogens with zero attached hydrogens (tertiary/aromatic N) is 2. The molecule has 0 spiro atoms. The van der Waals surface area contributed by atoms with E-state index in [1.54, 1.807) is 12.3 Å². The molecule has 0 amide bonds. The average Bonchev–Trinajstić information content (AvgIpc) is 2.35. The second-order valence-electron chi connectivity index (χ2n) is 4.90. The van der Waals surface area contributed by atoms with Crippen LogP contribution in [0.3, 0.4) is 0 Å². The molecule has 1 aromatic heterocycles. The molecule has 0 aliphatic rings. The van der Waals surface area contributed by atoms with Crippen molar-refractivity contribution in [1.29, 1.82) is 5.41 Å². The van der Waals surface area contributed by atoms with Crippen LogP contribution in [0.1, 0.15) is 45.6 Å². The lowest BCUT2D eigenvalue weighted by Crippen LogP contribution is -2.33. The standard InChI is InChI=1S/C14H23ClN4/c1-4-5-6-9-19(10(2)3)14-12(15)11(13(16)17)7-8-18-14/h7-8,10H,4-6,9H2,1-3H3,(H3,16,17). The minimum Gasteiger partial charge on any atom is -0.384 e. The second kappa shape index (κ2) is 7.34. The van der Waals surface area contributed by atoms with Crippen LogP contribution in [0.25, 0.3) is 0 Å². The summed E-state index contributed by atoms with van der Waals surface area (Å²) >= 11 is 6.33. The molecule has 1 heterocycles. The zero-order valence-corrected chi connectivity index (χ0v) is 12.7. The summed E-state index contributed by atoms with van der Waals surface area (Å²) in [5.74, 6) is 0.700. The van der Waals surface area contributed by atoms with E-state index in [0.717, 1.165) is 18.8 Å². The van der Waals surface area contributed by atoms with Gasteiger partial charge < -0.3 is 10.6 Å². The number of nitrogen functional groups attached to an aromatic ring is 1. The van der Waals surface area contributed by atoms with Gasteiger partial charge in [0.25, 0.3) is 0 Å². The summed E-state index contributed by atoms with van der Waals surface area (Å²) in [6.07, 6.45) is 5.14. The summed E-state index contributed by atoms with van der Waals surface area (Å²) in [7, 11) is 0. The molecule has 0 aliphatic carbocycles. The Hall–Kier alpha value is -1.29. The SMILES string of the molecule is CCCCCN(c1nccc(C(=N)N)c1Cl)C(C)C. The summed E-state index contributed by atoms with van der Waals surface area (Å²) in [5, 5.41) is 8.01. The van der Waals surface area contributed by atoms with Gasteiger partial charge in [0.15, 0.2) is 0 Å². The highest BCUT2D eigenvalue weighted by Gasteiger charge is 2.18. The van der Waals surface area contributed by atoms with E-state index in [1.807, 2.05) is 0 Å². The summed E-state index contributed by atoms with van der Waals surface area (Å²) in [6.45, 7) is 7.33. The van der Waals surface area contributed by atoms with Crippen LogP contribution in [0.5, 0.6) is 0 Å². The van der Waals surface area contributed by atoms with Crippen LogP contribution in [-0.2, 0) is 0 Å². The molecule has 0 atom stereocenters. The van der Waals surface area contributed by atoms with Crippen molar-refractivity contribution in [3.05, 3.63) is 22.8 Å². The third-order valence-electron chi connectivity index (χ3n) is 3.06. The van der Waals surface area contributed by atoms with E-state index in [9.17, 15) is 0 Å². The zero-order chi connectivity index (χ0) is 14.4. The fourth-order valence-electron chi connectivity index (χ4n) is 1.98. The molecule has 1 aromatic rings. The van der Waals surface area contributed by atoms with Gasteiger partial charge in [-0.15, -0.1) is 0 Å². The first-order valence-corrected chi connectivity index (χ1v) is 7.12. The third kappa shape index (κ3) is 4.10. The maximum Gasteiger partial charge on any atom is 0.148 e. The molecule has 0 bridgehead atoms. The van der Waals surface area contributed by atoms with Crippen molar-refractivity contribution >= 4 is 23.3 Å². The number of amidine groups is 1. The Bertz CT molecular complexity index is 431. The van der Waals surface area contributed by atoms with E-state index < -0.39 is 0 Å². The van der Waals surface area contributed by atoms with E-state index in [2.05, 4.69) is 30.7 Å². The molecule has 3 N–H and O–H groups in total. The smallest absolute Gasteiger partial charge is 0.148 e. The van der Waals surface area contributed by atoms with Gasteiger partial charge in [0, 0.05) is 24.3 Å². The van der Waals surface area contributed by atoms with Crippen LogP contribution in [0, 0.1) is 5.41 Å². The van der Waals surface area contributed by atoms with Gasteiger partial charge in [-0.1, -0.05) is 31.4 Å². The lowest BCUT2D eigenvalue weighted by molar-refractivity contribution is 0.620. The molecular weight excluding hydrogens is 260 g/mol. The molecule has 5 heteroatoms. The molecule has 4 nitrogen and oxygen atoms in total. The Morgan fingerprint density at radius 1 is 1.47 bits per heavy atom. The van der Waals surface area contributed by atoms with E-state index in [-0.39, 0.29) is 5.84 Å². The van der Waals surface area contributed by atoms with Gasteiger partial charge >= 0.3 is 0 Å². The van der Waals surface area contributed by atoms with Gasteiger partial charge in [0.1, 0.15) is 11.7 Å². The summed E-state index contributed by atoms with van der Waals surface area (Å²) in [6, 6.07) is 1.99. The Morgan fingerprint density at radius 3 is 2.68 bits per heavy atom. The number of hydrogen-bond acceptors (Lipinski definition) is 3. The number of halogens is 1. The van der Waals surface area contributed by atoms with Crippen molar-refractivity contribution in [2.45, 2.75) is 46.1 Å². The number of nitrogens with two attached hydrogens (primary N) is 1. The maximum absolute atomic E-state index is 7.54. The van der Waals surface area contributed by atoms with Crippen LogP contribution < -0.4 is 10.6 Å². The summed E-state index contributed by atoms with van der Waals surface area (Å²) < 4.78 is 0.